The number of benzene rings is 2. The van der Waals surface area contributed by atoms with Crippen LogP contribution in [-0.4, -0.2) is 47.0 Å². The second-order valence-corrected chi connectivity index (χ2v) is 9.14. The zero-order chi connectivity index (χ0) is 23.2. The highest BCUT2D eigenvalue weighted by atomic mass is 32.2. The number of nitrogens with one attached hydrogen (secondary N) is 3. The second-order valence-electron chi connectivity index (χ2n) is 7.37. The molecule has 0 aliphatic carbocycles. The Bertz CT molecular complexity index is 1060. The van der Waals surface area contributed by atoms with Crippen LogP contribution < -0.4 is 15.4 Å². The Balaban J connectivity index is 2.08. The molecule has 0 heterocycles. The molecule has 0 atom stereocenters. The quantitative estimate of drug-likeness (QED) is 0.510. The van der Waals surface area contributed by atoms with Crippen molar-refractivity contribution in [2.45, 2.75) is 32.6 Å². The maximum atomic E-state index is 12.6. The van der Waals surface area contributed by atoms with Gasteiger partial charge in [0.1, 0.15) is 0 Å². The van der Waals surface area contributed by atoms with Crippen LogP contribution in [0, 0.1) is 27.7 Å². The van der Waals surface area contributed by atoms with Crippen LogP contribution in [0.5, 0.6) is 0 Å². The Kier molecular flexibility index (Phi) is 8.32. The summed E-state index contributed by atoms with van der Waals surface area (Å²) in [7, 11) is -2.31. The van der Waals surface area contributed by atoms with E-state index in [2.05, 4.69) is 15.4 Å². The molecule has 0 aliphatic heterocycles. The van der Waals surface area contributed by atoms with E-state index in [1.807, 2.05) is 32.9 Å². The van der Waals surface area contributed by atoms with Crippen LogP contribution in [0.4, 0.5) is 5.69 Å². The topological polar surface area (TPSA) is 114 Å². The SMILES string of the molecule is COCCNS(=O)(=O)c1ccc(C)c(C(=O)NCC(=O)Nc2c(C)cc(C)cc2C)c1. The van der Waals surface area contributed by atoms with E-state index < -0.39 is 15.9 Å². The summed E-state index contributed by atoms with van der Waals surface area (Å²) in [5, 5.41) is 5.37. The van der Waals surface area contributed by atoms with Gasteiger partial charge in [-0.25, -0.2) is 13.1 Å². The third-order valence-corrected chi connectivity index (χ3v) is 6.17. The highest BCUT2D eigenvalue weighted by Crippen LogP contribution is 2.21. The van der Waals surface area contributed by atoms with Gasteiger partial charge in [0.25, 0.3) is 5.91 Å². The maximum absolute atomic E-state index is 12.6. The van der Waals surface area contributed by atoms with E-state index in [0.29, 0.717) is 5.56 Å². The van der Waals surface area contributed by atoms with Gasteiger partial charge in [-0.05, 0) is 56.5 Å². The normalized spacial score (nSPS) is 11.3. The van der Waals surface area contributed by atoms with Crippen LogP contribution in [-0.2, 0) is 19.6 Å². The van der Waals surface area contributed by atoms with E-state index in [4.69, 9.17) is 4.74 Å². The van der Waals surface area contributed by atoms with Crippen molar-refractivity contribution in [2.75, 3.05) is 32.1 Å². The van der Waals surface area contributed by atoms with Gasteiger partial charge in [0, 0.05) is 24.9 Å². The first-order valence-electron chi connectivity index (χ1n) is 9.80. The minimum Gasteiger partial charge on any atom is -0.383 e. The molecule has 0 aromatic heterocycles. The summed E-state index contributed by atoms with van der Waals surface area (Å²) >= 11 is 0. The number of methoxy groups -OCH3 is 1. The van der Waals surface area contributed by atoms with Crippen LogP contribution in [0.15, 0.2) is 35.2 Å². The monoisotopic (exact) mass is 447 g/mol. The van der Waals surface area contributed by atoms with E-state index >= 15 is 0 Å². The van der Waals surface area contributed by atoms with Crippen molar-refractivity contribution in [2.24, 2.45) is 0 Å². The molecule has 0 aliphatic rings. The van der Waals surface area contributed by atoms with Crippen molar-refractivity contribution in [1.29, 1.82) is 0 Å². The Morgan fingerprint density at radius 3 is 2.23 bits per heavy atom. The van der Waals surface area contributed by atoms with Gasteiger partial charge in [-0.2, -0.15) is 0 Å². The van der Waals surface area contributed by atoms with Crippen molar-refractivity contribution in [3.05, 3.63) is 58.1 Å². The summed E-state index contributed by atoms with van der Waals surface area (Å²) in [5.41, 5.74) is 4.47. The molecule has 0 spiro atoms. The molecular formula is C22H29N3O5S. The molecule has 31 heavy (non-hydrogen) atoms. The molecular weight excluding hydrogens is 418 g/mol. The summed E-state index contributed by atoms with van der Waals surface area (Å²) in [6, 6.07) is 8.22. The highest BCUT2D eigenvalue weighted by Gasteiger charge is 2.18. The first-order chi connectivity index (χ1) is 14.5. The number of hydrogen-bond donors (Lipinski definition) is 3. The van der Waals surface area contributed by atoms with Crippen LogP contribution in [0.3, 0.4) is 0 Å². The zero-order valence-electron chi connectivity index (χ0n) is 18.5. The number of aryl methyl sites for hydroxylation is 4. The summed E-state index contributed by atoms with van der Waals surface area (Å²) in [6.07, 6.45) is 0. The van der Waals surface area contributed by atoms with Crippen molar-refractivity contribution < 1.29 is 22.7 Å². The lowest BCUT2D eigenvalue weighted by molar-refractivity contribution is -0.115. The number of carbonyl (C=O) groups excluding carboxylic acids is 2. The number of rotatable bonds is 9. The molecule has 2 aromatic rings. The summed E-state index contributed by atoms with van der Waals surface area (Å²) < 4.78 is 32.0. The van der Waals surface area contributed by atoms with Gasteiger partial charge in [0.15, 0.2) is 0 Å². The Hall–Kier alpha value is -2.75. The van der Waals surface area contributed by atoms with Crippen LogP contribution in [0.25, 0.3) is 0 Å². The standard InChI is InChI=1S/C22H29N3O5S/c1-14-10-16(3)21(17(4)11-14)25-20(26)13-23-22(27)19-12-18(7-6-15(19)2)31(28,29)24-8-9-30-5/h6-7,10-12,24H,8-9,13H2,1-5H3,(H,23,27)(H,25,26). The number of hydrogen-bond acceptors (Lipinski definition) is 5. The van der Waals surface area contributed by atoms with Gasteiger partial charge < -0.3 is 15.4 Å². The third-order valence-electron chi connectivity index (χ3n) is 4.71. The Morgan fingerprint density at radius 2 is 1.61 bits per heavy atom. The average Bonchev–Trinajstić information content (AvgIpc) is 2.69. The molecule has 0 unspecified atom stereocenters. The summed E-state index contributed by atoms with van der Waals surface area (Å²) in [4.78, 5) is 24.9. The van der Waals surface area contributed by atoms with E-state index in [0.717, 1.165) is 22.4 Å². The molecule has 168 valence electrons. The average molecular weight is 448 g/mol. The predicted octanol–water partition coefficient (Wildman–Crippen LogP) is 2.21. The molecule has 2 rings (SSSR count). The maximum Gasteiger partial charge on any atom is 0.252 e. The van der Waals surface area contributed by atoms with Crippen molar-refractivity contribution in [3.8, 4) is 0 Å². The molecule has 0 fully saturated rings. The fourth-order valence-electron chi connectivity index (χ4n) is 3.19. The summed E-state index contributed by atoms with van der Waals surface area (Å²) in [5.74, 6) is -0.898. The molecule has 0 bridgehead atoms. The highest BCUT2D eigenvalue weighted by molar-refractivity contribution is 7.89. The van der Waals surface area contributed by atoms with Gasteiger partial charge in [-0.3, -0.25) is 9.59 Å². The largest absolute Gasteiger partial charge is 0.383 e. The minimum absolute atomic E-state index is 0.0327. The van der Waals surface area contributed by atoms with E-state index in [9.17, 15) is 18.0 Å². The molecule has 2 amide bonds. The first-order valence-corrected chi connectivity index (χ1v) is 11.3. The molecule has 0 radical (unpaired) electrons. The van der Waals surface area contributed by atoms with Gasteiger partial charge in [0.2, 0.25) is 15.9 Å². The van der Waals surface area contributed by atoms with Gasteiger partial charge >= 0.3 is 0 Å². The number of amides is 2. The summed E-state index contributed by atoms with van der Waals surface area (Å²) in [6.45, 7) is 7.60. The molecule has 3 N–H and O–H groups in total. The minimum atomic E-state index is -3.78. The Morgan fingerprint density at radius 1 is 0.968 bits per heavy atom. The predicted molar refractivity (Wildman–Crippen MR) is 120 cm³/mol. The van der Waals surface area contributed by atoms with Crippen molar-refractivity contribution >= 4 is 27.5 Å². The van der Waals surface area contributed by atoms with E-state index in [1.165, 1.54) is 19.2 Å². The van der Waals surface area contributed by atoms with Crippen molar-refractivity contribution in [1.82, 2.24) is 10.0 Å². The van der Waals surface area contributed by atoms with Gasteiger partial charge in [-0.1, -0.05) is 23.8 Å². The van der Waals surface area contributed by atoms with Crippen molar-refractivity contribution in [3.63, 3.8) is 0 Å². The lowest BCUT2D eigenvalue weighted by atomic mass is 10.1. The fourth-order valence-corrected chi connectivity index (χ4v) is 4.23. The molecule has 9 heteroatoms. The molecule has 0 saturated carbocycles. The fraction of sp³-hybridized carbons (Fsp3) is 0.364. The lowest BCUT2D eigenvalue weighted by Gasteiger charge is -2.14. The second kappa shape index (κ2) is 10.5. The van der Waals surface area contributed by atoms with E-state index in [-0.39, 0.29) is 36.1 Å². The van der Waals surface area contributed by atoms with Gasteiger partial charge in [0.05, 0.1) is 18.0 Å². The number of carbonyl (C=O) groups is 2. The Labute approximate surface area is 183 Å². The third kappa shape index (κ3) is 6.61. The number of ether oxygens (including phenoxy) is 1. The van der Waals surface area contributed by atoms with E-state index in [1.54, 1.807) is 13.0 Å². The van der Waals surface area contributed by atoms with Crippen LogP contribution in [0.1, 0.15) is 32.6 Å². The molecule has 8 nitrogen and oxygen atoms in total. The lowest BCUT2D eigenvalue weighted by Crippen LogP contribution is -2.34. The van der Waals surface area contributed by atoms with Gasteiger partial charge in [-0.15, -0.1) is 0 Å². The number of anilines is 1. The smallest absolute Gasteiger partial charge is 0.252 e. The zero-order valence-corrected chi connectivity index (χ0v) is 19.3. The first kappa shape index (κ1) is 24.5. The van der Waals surface area contributed by atoms with Crippen LogP contribution in [0.2, 0.25) is 0 Å². The number of sulfonamides is 1. The van der Waals surface area contributed by atoms with Crippen LogP contribution >= 0.6 is 0 Å². The molecule has 2 aromatic carbocycles. The molecule has 0 saturated heterocycles.